The van der Waals surface area contributed by atoms with E-state index in [0.717, 1.165) is 31.6 Å². The molecule has 1 heterocycles. The molecule has 0 radical (unpaired) electrons. The predicted octanol–water partition coefficient (Wildman–Crippen LogP) is 1.96. The smallest absolute Gasteiger partial charge is 0.137 e. The van der Waals surface area contributed by atoms with Gasteiger partial charge < -0.3 is 5.32 Å². The number of nitrogens with one attached hydrogen (secondary N) is 2. The average Bonchev–Trinajstić information content (AvgIpc) is 2.91. The second kappa shape index (κ2) is 6.91. The quantitative estimate of drug-likeness (QED) is 0.783. The predicted molar refractivity (Wildman–Crippen MR) is 72.3 cm³/mol. The highest BCUT2D eigenvalue weighted by atomic mass is 15.2. The van der Waals surface area contributed by atoms with Gasteiger partial charge in [0.25, 0.3) is 0 Å². The lowest BCUT2D eigenvalue weighted by Gasteiger charge is -2.13. The molecular weight excluding hydrogens is 224 g/mol. The molecule has 1 unspecified atom stereocenters. The molecule has 4 nitrogen and oxygen atoms in total. The maximum Gasteiger partial charge on any atom is 0.137 e. The Hall–Kier alpha value is -1.68. The van der Waals surface area contributed by atoms with E-state index in [9.17, 15) is 0 Å². The molecule has 2 aromatic rings. The van der Waals surface area contributed by atoms with Crippen LogP contribution in [0, 0.1) is 0 Å². The molecule has 2 N–H and O–H groups in total. The van der Waals surface area contributed by atoms with Crippen molar-refractivity contribution in [1.82, 2.24) is 20.5 Å². The van der Waals surface area contributed by atoms with Crippen molar-refractivity contribution < 1.29 is 0 Å². The first kappa shape index (κ1) is 12.8. The molecule has 0 aliphatic rings. The van der Waals surface area contributed by atoms with Crippen molar-refractivity contribution >= 4 is 0 Å². The Morgan fingerprint density at radius 3 is 2.78 bits per heavy atom. The Morgan fingerprint density at radius 2 is 2.06 bits per heavy atom. The van der Waals surface area contributed by atoms with Gasteiger partial charge in [-0.25, -0.2) is 4.98 Å². The monoisotopic (exact) mass is 244 g/mol. The summed E-state index contributed by atoms with van der Waals surface area (Å²) in [5, 5.41) is 10.2. The molecule has 0 saturated carbocycles. The topological polar surface area (TPSA) is 53.6 Å². The van der Waals surface area contributed by atoms with Gasteiger partial charge in [-0.3, -0.25) is 5.10 Å². The zero-order chi connectivity index (χ0) is 12.6. The Morgan fingerprint density at radius 1 is 1.22 bits per heavy atom. The molecule has 1 atom stereocenters. The fourth-order valence-corrected chi connectivity index (χ4v) is 1.92. The van der Waals surface area contributed by atoms with Crippen molar-refractivity contribution in [1.29, 1.82) is 0 Å². The normalized spacial score (nSPS) is 12.5. The molecule has 0 fully saturated rings. The highest BCUT2D eigenvalue weighted by Gasteiger charge is 2.02. The van der Waals surface area contributed by atoms with Crippen LogP contribution in [0.1, 0.15) is 24.7 Å². The van der Waals surface area contributed by atoms with Crippen LogP contribution in [0.4, 0.5) is 0 Å². The number of aromatic amines is 1. The van der Waals surface area contributed by atoms with Gasteiger partial charge in [0.2, 0.25) is 0 Å². The van der Waals surface area contributed by atoms with Crippen LogP contribution in [0.15, 0.2) is 36.7 Å². The number of hydrogen-bond acceptors (Lipinski definition) is 3. The van der Waals surface area contributed by atoms with Crippen LogP contribution >= 0.6 is 0 Å². The summed E-state index contributed by atoms with van der Waals surface area (Å²) in [6.07, 6.45) is 4.72. The highest BCUT2D eigenvalue weighted by molar-refractivity contribution is 5.14. The number of hydrogen-bond donors (Lipinski definition) is 2. The Labute approximate surface area is 108 Å². The van der Waals surface area contributed by atoms with E-state index in [1.165, 1.54) is 5.56 Å². The van der Waals surface area contributed by atoms with E-state index in [1.54, 1.807) is 6.33 Å². The minimum atomic E-state index is 0.521. The van der Waals surface area contributed by atoms with E-state index in [0.29, 0.717) is 6.04 Å². The molecular formula is C14H20N4. The van der Waals surface area contributed by atoms with Gasteiger partial charge in [-0.15, -0.1) is 0 Å². The standard InChI is InChI=1S/C14H20N4/c1-12(7-8-13-5-3-2-4-6-13)15-10-9-14-16-11-17-18-14/h2-6,11-12,15H,7-10H2,1H3,(H,16,17,18). The Balaban J connectivity index is 1.62. The summed E-state index contributed by atoms with van der Waals surface area (Å²) in [7, 11) is 0. The molecule has 0 spiro atoms. The first-order chi connectivity index (χ1) is 8.84. The molecule has 18 heavy (non-hydrogen) atoms. The van der Waals surface area contributed by atoms with E-state index in [2.05, 4.69) is 57.8 Å². The lowest BCUT2D eigenvalue weighted by Crippen LogP contribution is -2.28. The molecule has 1 aromatic carbocycles. The van der Waals surface area contributed by atoms with Gasteiger partial charge in [0.1, 0.15) is 12.2 Å². The number of aromatic nitrogens is 3. The minimum Gasteiger partial charge on any atom is -0.314 e. The summed E-state index contributed by atoms with van der Waals surface area (Å²) in [5.74, 6) is 0.942. The van der Waals surface area contributed by atoms with Gasteiger partial charge in [-0.05, 0) is 25.3 Å². The second-order valence-corrected chi connectivity index (χ2v) is 4.56. The van der Waals surface area contributed by atoms with Crippen molar-refractivity contribution in [2.24, 2.45) is 0 Å². The number of rotatable bonds is 7. The first-order valence-corrected chi connectivity index (χ1v) is 6.46. The van der Waals surface area contributed by atoms with E-state index < -0.39 is 0 Å². The molecule has 1 aromatic heterocycles. The zero-order valence-electron chi connectivity index (χ0n) is 10.8. The van der Waals surface area contributed by atoms with Crippen LogP contribution in [-0.2, 0) is 12.8 Å². The highest BCUT2D eigenvalue weighted by Crippen LogP contribution is 2.04. The van der Waals surface area contributed by atoms with Gasteiger partial charge in [0, 0.05) is 19.0 Å². The van der Waals surface area contributed by atoms with E-state index in [-0.39, 0.29) is 0 Å². The largest absolute Gasteiger partial charge is 0.314 e. The fraction of sp³-hybridized carbons (Fsp3) is 0.429. The number of H-pyrrole nitrogens is 1. The Kier molecular flexibility index (Phi) is 4.90. The van der Waals surface area contributed by atoms with Crippen molar-refractivity contribution in [3.8, 4) is 0 Å². The third-order valence-corrected chi connectivity index (χ3v) is 3.03. The molecule has 96 valence electrons. The van der Waals surface area contributed by atoms with Crippen LogP contribution in [0.5, 0.6) is 0 Å². The summed E-state index contributed by atoms with van der Waals surface area (Å²) < 4.78 is 0. The summed E-state index contributed by atoms with van der Waals surface area (Å²) in [4.78, 5) is 4.10. The number of aryl methyl sites for hydroxylation is 1. The second-order valence-electron chi connectivity index (χ2n) is 4.56. The van der Waals surface area contributed by atoms with Crippen molar-refractivity contribution in [3.63, 3.8) is 0 Å². The van der Waals surface area contributed by atoms with Gasteiger partial charge in [-0.1, -0.05) is 30.3 Å². The van der Waals surface area contributed by atoms with E-state index in [1.807, 2.05) is 0 Å². The van der Waals surface area contributed by atoms with Crippen LogP contribution in [0.3, 0.4) is 0 Å². The SMILES string of the molecule is CC(CCc1ccccc1)NCCc1ncn[nH]1. The van der Waals surface area contributed by atoms with Crippen LogP contribution in [0.25, 0.3) is 0 Å². The molecule has 4 heteroatoms. The van der Waals surface area contributed by atoms with Gasteiger partial charge in [-0.2, -0.15) is 5.10 Å². The molecule has 0 bridgehead atoms. The van der Waals surface area contributed by atoms with E-state index in [4.69, 9.17) is 0 Å². The molecule has 0 aliphatic carbocycles. The molecule has 2 rings (SSSR count). The molecule has 0 saturated heterocycles. The lowest BCUT2D eigenvalue weighted by atomic mass is 10.1. The molecule has 0 aliphatic heterocycles. The van der Waals surface area contributed by atoms with Crippen LogP contribution < -0.4 is 5.32 Å². The third kappa shape index (κ3) is 4.30. The Bertz CT molecular complexity index is 424. The zero-order valence-corrected chi connectivity index (χ0v) is 10.8. The lowest BCUT2D eigenvalue weighted by molar-refractivity contribution is 0.514. The minimum absolute atomic E-state index is 0.521. The van der Waals surface area contributed by atoms with Crippen molar-refractivity contribution in [3.05, 3.63) is 48.0 Å². The summed E-state index contributed by atoms with van der Waals surface area (Å²) in [6, 6.07) is 11.1. The average molecular weight is 244 g/mol. The van der Waals surface area contributed by atoms with Gasteiger partial charge in [0.05, 0.1) is 0 Å². The number of benzene rings is 1. The summed E-state index contributed by atoms with van der Waals surface area (Å²) >= 11 is 0. The van der Waals surface area contributed by atoms with Gasteiger partial charge >= 0.3 is 0 Å². The van der Waals surface area contributed by atoms with Crippen LogP contribution in [0.2, 0.25) is 0 Å². The summed E-state index contributed by atoms with van der Waals surface area (Å²) in [5.41, 5.74) is 1.40. The van der Waals surface area contributed by atoms with Crippen molar-refractivity contribution in [2.45, 2.75) is 32.2 Å². The first-order valence-electron chi connectivity index (χ1n) is 6.46. The number of nitrogens with zero attached hydrogens (tertiary/aromatic N) is 2. The van der Waals surface area contributed by atoms with Gasteiger partial charge in [0.15, 0.2) is 0 Å². The third-order valence-electron chi connectivity index (χ3n) is 3.03. The molecule has 0 amide bonds. The fourth-order valence-electron chi connectivity index (χ4n) is 1.92. The van der Waals surface area contributed by atoms with Crippen LogP contribution in [-0.4, -0.2) is 27.8 Å². The summed E-state index contributed by atoms with van der Waals surface area (Å²) in [6.45, 7) is 3.16. The van der Waals surface area contributed by atoms with Crippen molar-refractivity contribution in [2.75, 3.05) is 6.54 Å². The maximum atomic E-state index is 4.10. The maximum absolute atomic E-state index is 4.10. The van der Waals surface area contributed by atoms with E-state index >= 15 is 0 Å².